The third kappa shape index (κ3) is 2.50. The standard InChI is InChI=1S/C36H20N2OS/c1-5-14-30-25(9-1)34-31(39-30)18-17-24-23-10-7-13-29-35(23)38(36(24)34)28-12-4-3-11-27(28)37(29)21-16-19-33-26(20-21)22-8-2-6-15-32(22)40-33/h1-20H. The summed E-state index contributed by atoms with van der Waals surface area (Å²) in [4.78, 5) is 2.44. The van der Waals surface area contributed by atoms with Gasteiger partial charge in [-0.05, 0) is 60.7 Å². The summed E-state index contributed by atoms with van der Waals surface area (Å²) in [5.74, 6) is 0. The van der Waals surface area contributed by atoms with Crippen molar-refractivity contribution >= 4 is 92.3 Å². The van der Waals surface area contributed by atoms with Gasteiger partial charge in [0, 0.05) is 42.0 Å². The Labute approximate surface area is 232 Å². The number of furan rings is 1. The predicted molar refractivity (Wildman–Crippen MR) is 169 cm³/mol. The van der Waals surface area contributed by atoms with Crippen molar-refractivity contribution in [1.82, 2.24) is 4.57 Å². The summed E-state index contributed by atoms with van der Waals surface area (Å²) in [6, 6.07) is 43.8. The summed E-state index contributed by atoms with van der Waals surface area (Å²) < 4.78 is 11.4. The molecule has 0 atom stereocenters. The van der Waals surface area contributed by atoms with Crippen molar-refractivity contribution < 1.29 is 4.42 Å². The minimum absolute atomic E-state index is 0.920. The van der Waals surface area contributed by atoms with E-state index in [4.69, 9.17) is 4.42 Å². The van der Waals surface area contributed by atoms with E-state index in [0.29, 0.717) is 0 Å². The number of para-hydroxylation sites is 4. The number of hydrogen-bond acceptors (Lipinski definition) is 3. The Kier molecular flexibility index (Phi) is 3.81. The Morgan fingerprint density at radius 1 is 0.475 bits per heavy atom. The lowest BCUT2D eigenvalue weighted by atomic mass is 10.1. The summed E-state index contributed by atoms with van der Waals surface area (Å²) in [6.07, 6.45) is 0. The largest absolute Gasteiger partial charge is 0.456 e. The van der Waals surface area contributed by atoms with Gasteiger partial charge in [-0.1, -0.05) is 60.7 Å². The fraction of sp³-hybridized carbons (Fsp3) is 0. The molecular formula is C36H20N2OS. The second kappa shape index (κ2) is 7.32. The molecule has 186 valence electrons. The van der Waals surface area contributed by atoms with Crippen molar-refractivity contribution in [1.29, 1.82) is 0 Å². The first-order chi connectivity index (χ1) is 19.8. The van der Waals surface area contributed by atoms with E-state index in [2.05, 4.69) is 125 Å². The van der Waals surface area contributed by atoms with Gasteiger partial charge in [0.25, 0.3) is 0 Å². The van der Waals surface area contributed by atoms with Crippen molar-refractivity contribution in [3.8, 4) is 5.69 Å². The van der Waals surface area contributed by atoms with E-state index in [9.17, 15) is 0 Å². The Bertz CT molecular complexity index is 2510. The van der Waals surface area contributed by atoms with Crippen LogP contribution in [-0.2, 0) is 0 Å². The van der Waals surface area contributed by atoms with E-state index in [1.807, 2.05) is 17.4 Å². The third-order valence-electron chi connectivity index (χ3n) is 8.49. The van der Waals surface area contributed by atoms with Crippen molar-refractivity contribution in [2.45, 2.75) is 0 Å². The molecule has 0 amide bonds. The van der Waals surface area contributed by atoms with Crippen LogP contribution >= 0.6 is 11.3 Å². The number of hydrogen-bond donors (Lipinski definition) is 0. The molecule has 0 radical (unpaired) electrons. The molecule has 0 aliphatic carbocycles. The van der Waals surface area contributed by atoms with Gasteiger partial charge in [-0.15, -0.1) is 11.3 Å². The fourth-order valence-corrected chi connectivity index (χ4v) is 7.95. The molecule has 4 heterocycles. The highest BCUT2D eigenvalue weighted by atomic mass is 32.1. The summed E-state index contributed by atoms with van der Waals surface area (Å²) >= 11 is 1.86. The highest BCUT2D eigenvalue weighted by molar-refractivity contribution is 7.25. The summed E-state index contributed by atoms with van der Waals surface area (Å²) in [5.41, 5.74) is 8.98. The molecule has 0 unspecified atom stereocenters. The van der Waals surface area contributed by atoms with Crippen LogP contribution in [0.2, 0.25) is 0 Å². The highest BCUT2D eigenvalue weighted by Crippen LogP contribution is 2.52. The molecule has 10 rings (SSSR count). The Balaban J connectivity index is 1.37. The fourth-order valence-electron chi connectivity index (χ4n) is 6.87. The van der Waals surface area contributed by atoms with Gasteiger partial charge in [0.1, 0.15) is 11.2 Å². The van der Waals surface area contributed by atoms with Crippen LogP contribution in [0.3, 0.4) is 0 Å². The van der Waals surface area contributed by atoms with Crippen LogP contribution in [0, 0.1) is 0 Å². The molecule has 1 aliphatic heterocycles. The average molecular weight is 529 g/mol. The van der Waals surface area contributed by atoms with Crippen LogP contribution in [0.25, 0.3) is 69.6 Å². The minimum atomic E-state index is 0.920. The van der Waals surface area contributed by atoms with E-state index >= 15 is 0 Å². The number of fused-ring (bicyclic) bond motifs is 12. The first kappa shape index (κ1) is 20.8. The Morgan fingerprint density at radius 3 is 2.15 bits per heavy atom. The van der Waals surface area contributed by atoms with Crippen LogP contribution in [0.5, 0.6) is 0 Å². The Morgan fingerprint density at radius 2 is 1.20 bits per heavy atom. The molecule has 0 spiro atoms. The topological polar surface area (TPSA) is 21.3 Å². The molecule has 4 heteroatoms. The molecule has 9 aromatic rings. The first-order valence-electron chi connectivity index (χ1n) is 13.5. The number of rotatable bonds is 1. The summed E-state index contributed by atoms with van der Waals surface area (Å²) in [7, 11) is 0. The van der Waals surface area contributed by atoms with E-state index in [-0.39, 0.29) is 0 Å². The van der Waals surface area contributed by atoms with E-state index in [1.165, 1.54) is 70.1 Å². The van der Waals surface area contributed by atoms with Crippen LogP contribution < -0.4 is 4.90 Å². The number of anilines is 3. The number of nitrogens with zero attached hydrogens (tertiary/aromatic N) is 2. The predicted octanol–water partition coefficient (Wildman–Crippen LogP) is 10.8. The van der Waals surface area contributed by atoms with Gasteiger partial charge in [0.05, 0.1) is 33.5 Å². The van der Waals surface area contributed by atoms with Crippen molar-refractivity contribution in [3.63, 3.8) is 0 Å². The number of benzene rings is 6. The van der Waals surface area contributed by atoms with E-state index in [0.717, 1.165) is 16.6 Å². The van der Waals surface area contributed by atoms with Gasteiger partial charge in [0.2, 0.25) is 0 Å². The van der Waals surface area contributed by atoms with Crippen molar-refractivity contribution in [2.24, 2.45) is 0 Å². The molecule has 0 N–H and O–H groups in total. The normalized spacial score (nSPS) is 12.9. The molecule has 3 nitrogen and oxygen atoms in total. The zero-order chi connectivity index (χ0) is 25.9. The quantitative estimate of drug-likeness (QED) is 0.211. The minimum Gasteiger partial charge on any atom is -0.456 e. The summed E-state index contributed by atoms with van der Waals surface area (Å²) in [5, 5.41) is 7.44. The van der Waals surface area contributed by atoms with Crippen LogP contribution in [0.15, 0.2) is 126 Å². The van der Waals surface area contributed by atoms with Gasteiger partial charge < -0.3 is 13.9 Å². The second-order valence-electron chi connectivity index (χ2n) is 10.5. The SMILES string of the molecule is c1ccc2c(c1)N(c1ccc3sc4ccccc4c3c1)c1cccc3c4ccc5oc6ccccc6c5c4n-2c13. The van der Waals surface area contributed by atoms with E-state index in [1.54, 1.807) is 0 Å². The summed E-state index contributed by atoms with van der Waals surface area (Å²) in [6.45, 7) is 0. The number of aromatic nitrogens is 1. The van der Waals surface area contributed by atoms with Crippen molar-refractivity contribution in [2.75, 3.05) is 4.90 Å². The molecule has 0 fully saturated rings. The Hall–Kier alpha value is -5.06. The zero-order valence-corrected chi connectivity index (χ0v) is 22.1. The molecule has 0 saturated heterocycles. The number of thiophene rings is 1. The lowest BCUT2D eigenvalue weighted by Gasteiger charge is -2.33. The van der Waals surface area contributed by atoms with Crippen molar-refractivity contribution in [3.05, 3.63) is 121 Å². The molecule has 0 bridgehead atoms. The molecular weight excluding hydrogens is 508 g/mol. The third-order valence-corrected chi connectivity index (χ3v) is 9.64. The maximum atomic E-state index is 6.33. The second-order valence-corrected chi connectivity index (χ2v) is 11.6. The van der Waals surface area contributed by atoms with Crippen LogP contribution in [0.4, 0.5) is 17.1 Å². The van der Waals surface area contributed by atoms with Gasteiger partial charge in [0.15, 0.2) is 0 Å². The lowest BCUT2D eigenvalue weighted by molar-refractivity contribution is 0.669. The molecule has 0 saturated carbocycles. The first-order valence-corrected chi connectivity index (χ1v) is 14.3. The monoisotopic (exact) mass is 528 g/mol. The maximum absolute atomic E-state index is 6.33. The highest BCUT2D eigenvalue weighted by Gasteiger charge is 2.30. The van der Waals surface area contributed by atoms with Crippen LogP contribution in [-0.4, -0.2) is 4.57 Å². The smallest absolute Gasteiger partial charge is 0.137 e. The van der Waals surface area contributed by atoms with E-state index < -0.39 is 0 Å². The van der Waals surface area contributed by atoms with Gasteiger partial charge in [-0.2, -0.15) is 0 Å². The van der Waals surface area contributed by atoms with Gasteiger partial charge in [-0.3, -0.25) is 0 Å². The van der Waals surface area contributed by atoms with Gasteiger partial charge >= 0.3 is 0 Å². The molecule has 6 aromatic carbocycles. The maximum Gasteiger partial charge on any atom is 0.137 e. The average Bonchev–Trinajstić information content (AvgIpc) is 3.67. The lowest BCUT2D eigenvalue weighted by Crippen LogP contribution is -2.18. The van der Waals surface area contributed by atoms with Crippen LogP contribution in [0.1, 0.15) is 0 Å². The van der Waals surface area contributed by atoms with Gasteiger partial charge in [-0.25, -0.2) is 0 Å². The zero-order valence-electron chi connectivity index (χ0n) is 21.3. The molecule has 3 aromatic heterocycles. The molecule has 40 heavy (non-hydrogen) atoms. The molecule has 1 aliphatic rings.